The lowest BCUT2D eigenvalue weighted by atomic mass is 9.81. The van der Waals surface area contributed by atoms with Crippen LogP contribution in [0.2, 0.25) is 0 Å². The van der Waals surface area contributed by atoms with Crippen LogP contribution in [0.5, 0.6) is 0 Å². The molecule has 11 heteroatoms. The molecule has 1 saturated carbocycles. The van der Waals surface area contributed by atoms with Gasteiger partial charge in [-0.2, -0.15) is 0 Å². The fourth-order valence-corrected chi connectivity index (χ4v) is 3.87. The number of carbonyl (C=O) groups is 4. The van der Waals surface area contributed by atoms with E-state index in [4.69, 9.17) is 15.4 Å². The largest absolute Gasteiger partial charge is 0.482 e. The van der Waals surface area contributed by atoms with Crippen molar-refractivity contribution in [1.29, 1.82) is 0 Å². The number of hydrogen-bond acceptors (Lipinski definition) is 6. The molecule has 0 aromatic carbocycles. The molecule has 2 rings (SSSR count). The Labute approximate surface area is 180 Å². The molecular formula is C20H29N5O6. The SMILES string of the molecule is CC1(C)CC(=O)C=C(C(=O)NCC2CCC(C(=O)N[C@H](CN=[N+]=[N-])CC(=O)O)CC2)O1. The number of azide groups is 1. The number of rotatable bonds is 9. The Morgan fingerprint density at radius 3 is 2.58 bits per heavy atom. The predicted molar refractivity (Wildman–Crippen MR) is 110 cm³/mol. The van der Waals surface area contributed by atoms with Crippen LogP contribution in [0.25, 0.3) is 10.4 Å². The normalized spacial score (nSPS) is 23.4. The molecule has 11 nitrogen and oxygen atoms in total. The quantitative estimate of drug-likeness (QED) is 0.283. The average Bonchev–Trinajstić information content (AvgIpc) is 2.68. The van der Waals surface area contributed by atoms with Crippen LogP contribution in [0.1, 0.15) is 52.4 Å². The van der Waals surface area contributed by atoms with Crippen LogP contribution in [0.4, 0.5) is 0 Å². The van der Waals surface area contributed by atoms with Crippen LogP contribution in [0.15, 0.2) is 16.9 Å². The minimum absolute atomic E-state index is 0.0267. The number of nitrogens with one attached hydrogen (secondary N) is 2. The molecule has 170 valence electrons. The van der Waals surface area contributed by atoms with E-state index in [9.17, 15) is 19.2 Å². The summed E-state index contributed by atoms with van der Waals surface area (Å²) >= 11 is 0. The van der Waals surface area contributed by atoms with Crippen LogP contribution in [-0.4, -0.2) is 53.4 Å². The maximum atomic E-state index is 12.5. The summed E-state index contributed by atoms with van der Waals surface area (Å²) in [4.78, 5) is 50.1. The van der Waals surface area contributed by atoms with Gasteiger partial charge in [0.2, 0.25) is 5.91 Å². The highest BCUT2D eigenvalue weighted by molar-refractivity contribution is 6.01. The van der Waals surface area contributed by atoms with E-state index in [0.717, 1.165) is 12.8 Å². The first-order chi connectivity index (χ1) is 14.6. The first-order valence-corrected chi connectivity index (χ1v) is 10.3. The van der Waals surface area contributed by atoms with Gasteiger partial charge in [-0.25, -0.2) is 0 Å². The third-order valence-electron chi connectivity index (χ3n) is 5.40. The molecule has 1 aliphatic heterocycles. The Balaban J connectivity index is 1.78. The smallest absolute Gasteiger partial charge is 0.305 e. The molecule has 31 heavy (non-hydrogen) atoms. The minimum Gasteiger partial charge on any atom is -0.482 e. The summed E-state index contributed by atoms with van der Waals surface area (Å²) in [7, 11) is 0. The number of ketones is 1. The van der Waals surface area contributed by atoms with Gasteiger partial charge in [-0.1, -0.05) is 5.11 Å². The van der Waals surface area contributed by atoms with Crippen molar-refractivity contribution in [1.82, 2.24) is 10.6 Å². The van der Waals surface area contributed by atoms with Gasteiger partial charge in [0.25, 0.3) is 5.91 Å². The predicted octanol–water partition coefficient (Wildman–Crippen LogP) is 1.83. The lowest BCUT2D eigenvalue weighted by Gasteiger charge is -2.31. The molecule has 1 fully saturated rings. The van der Waals surface area contributed by atoms with Crippen LogP contribution >= 0.6 is 0 Å². The van der Waals surface area contributed by atoms with Crippen molar-refractivity contribution in [2.75, 3.05) is 13.1 Å². The molecule has 1 atom stereocenters. The Hall–Kier alpha value is -3.07. The van der Waals surface area contributed by atoms with Gasteiger partial charge < -0.3 is 20.5 Å². The fourth-order valence-electron chi connectivity index (χ4n) is 3.87. The molecule has 1 heterocycles. The van der Waals surface area contributed by atoms with Gasteiger partial charge in [0.15, 0.2) is 11.5 Å². The number of carboxylic acid groups (broad SMARTS) is 1. The molecule has 3 N–H and O–H groups in total. The number of hydrogen-bond donors (Lipinski definition) is 3. The lowest BCUT2D eigenvalue weighted by Crippen LogP contribution is -2.43. The summed E-state index contributed by atoms with van der Waals surface area (Å²) in [6.45, 7) is 3.81. The zero-order chi connectivity index (χ0) is 23.0. The number of carbonyl (C=O) groups excluding carboxylic acids is 3. The molecule has 0 bridgehead atoms. The molecule has 0 aromatic rings. The summed E-state index contributed by atoms with van der Waals surface area (Å²) in [6.07, 6.45) is 3.81. The molecule has 0 saturated heterocycles. The fraction of sp³-hybridized carbons (Fsp3) is 0.700. The van der Waals surface area contributed by atoms with Crippen LogP contribution in [0, 0.1) is 11.8 Å². The van der Waals surface area contributed by atoms with E-state index in [-0.39, 0.29) is 48.7 Å². The standard InChI is InChI=1S/C20H29N5O6/c1-20(2)9-15(26)8-16(31-20)19(30)22-10-12-3-5-13(6-4-12)18(29)24-14(7-17(27)28)11-23-25-21/h8,12-14H,3-7,9-11H2,1-2H3,(H,22,30)(H,24,29)(H,27,28)/t12?,13?,14-/m0/s1. The number of allylic oxidation sites excluding steroid dienone is 1. The highest BCUT2D eigenvalue weighted by Gasteiger charge is 2.32. The molecule has 2 amide bonds. The zero-order valence-corrected chi connectivity index (χ0v) is 17.8. The molecule has 0 aromatic heterocycles. The Morgan fingerprint density at radius 2 is 2.00 bits per heavy atom. The lowest BCUT2D eigenvalue weighted by molar-refractivity contribution is -0.138. The maximum absolute atomic E-state index is 12.5. The van der Waals surface area contributed by atoms with E-state index in [1.807, 2.05) is 0 Å². The third-order valence-corrected chi connectivity index (χ3v) is 5.40. The second-order valence-electron chi connectivity index (χ2n) is 8.66. The number of carboxylic acids is 1. The third kappa shape index (κ3) is 7.93. The van der Waals surface area contributed by atoms with E-state index in [2.05, 4.69) is 20.7 Å². The van der Waals surface area contributed by atoms with Gasteiger partial charge in [0, 0.05) is 42.5 Å². The molecule has 0 radical (unpaired) electrons. The summed E-state index contributed by atoms with van der Waals surface area (Å²) in [5.74, 6) is -1.93. The summed E-state index contributed by atoms with van der Waals surface area (Å²) < 4.78 is 5.59. The first kappa shape index (κ1) is 24.2. The van der Waals surface area contributed by atoms with E-state index in [0.29, 0.717) is 19.4 Å². The van der Waals surface area contributed by atoms with Crippen LogP contribution in [-0.2, 0) is 23.9 Å². The van der Waals surface area contributed by atoms with Gasteiger partial charge in [-0.05, 0) is 51.0 Å². The topological polar surface area (TPSA) is 171 Å². The summed E-state index contributed by atoms with van der Waals surface area (Å²) in [5.41, 5.74) is 7.71. The van der Waals surface area contributed by atoms with Gasteiger partial charge in [0.05, 0.1) is 6.42 Å². The van der Waals surface area contributed by atoms with Gasteiger partial charge in [0.1, 0.15) is 5.60 Å². The molecular weight excluding hydrogens is 406 g/mol. The monoisotopic (exact) mass is 435 g/mol. The Bertz CT molecular complexity index is 790. The first-order valence-electron chi connectivity index (χ1n) is 10.3. The Morgan fingerprint density at radius 1 is 1.32 bits per heavy atom. The van der Waals surface area contributed by atoms with Crippen molar-refractivity contribution in [3.05, 3.63) is 22.3 Å². The molecule has 2 aliphatic rings. The average molecular weight is 435 g/mol. The van der Waals surface area contributed by atoms with Gasteiger partial charge >= 0.3 is 5.97 Å². The van der Waals surface area contributed by atoms with Crippen molar-refractivity contribution in [3.8, 4) is 0 Å². The van der Waals surface area contributed by atoms with E-state index in [1.165, 1.54) is 6.08 Å². The number of ether oxygens (including phenoxy) is 1. The van der Waals surface area contributed by atoms with E-state index >= 15 is 0 Å². The van der Waals surface area contributed by atoms with E-state index in [1.54, 1.807) is 13.8 Å². The minimum atomic E-state index is -1.08. The summed E-state index contributed by atoms with van der Waals surface area (Å²) in [6, 6.07) is -0.742. The molecule has 0 spiro atoms. The molecule has 0 unspecified atom stereocenters. The second kappa shape index (κ2) is 10.8. The van der Waals surface area contributed by atoms with Gasteiger partial charge in [-0.3, -0.25) is 19.2 Å². The van der Waals surface area contributed by atoms with Gasteiger partial charge in [-0.15, -0.1) is 0 Å². The number of nitrogens with zero attached hydrogens (tertiary/aromatic N) is 3. The van der Waals surface area contributed by atoms with Crippen molar-refractivity contribution >= 4 is 23.6 Å². The zero-order valence-electron chi connectivity index (χ0n) is 17.8. The highest BCUT2D eigenvalue weighted by Crippen LogP contribution is 2.29. The van der Waals surface area contributed by atoms with Crippen LogP contribution < -0.4 is 10.6 Å². The van der Waals surface area contributed by atoms with Crippen molar-refractivity contribution in [2.45, 2.75) is 64.0 Å². The highest BCUT2D eigenvalue weighted by atomic mass is 16.5. The number of amides is 2. The van der Waals surface area contributed by atoms with Crippen LogP contribution in [0.3, 0.4) is 0 Å². The van der Waals surface area contributed by atoms with E-state index < -0.39 is 23.5 Å². The number of aliphatic carboxylic acids is 1. The molecule has 1 aliphatic carbocycles. The Kier molecular flexibility index (Phi) is 8.44. The van der Waals surface area contributed by atoms with Crippen molar-refractivity contribution in [2.24, 2.45) is 17.0 Å². The van der Waals surface area contributed by atoms with Crippen molar-refractivity contribution < 1.29 is 29.0 Å². The summed E-state index contributed by atoms with van der Waals surface area (Å²) in [5, 5.41) is 17.8. The van der Waals surface area contributed by atoms with Crippen molar-refractivity contribution in [3.63, 3.8) is 0 Å². The second-order valence-corrected chi connectivity index (χ2v) is 8.66. The maximum Gasteiger partial charge on any atom is 0.305 e.